The van der Waals surface area contributed by atoms with Crippen LogP contribution in [-0.4, -0.2) is 0 Å². The molecule has 0 bridgehead atoms. The zero-order chi connectivity index (χ0) is 9.90. The van der Waals surface area contributed by atoms with Gasteiger partial charge in [0.25, 0.3) is 0 Å². The van der Waals surface area contributed by atoms with E-state index in [1.165, 1.54) is 5.56 Å². The summed E-state index contributed by atoms with van der Waals surface area (Å²) in [7, 11) is 0. The molecule has 0 fully saturated rings. The van der Waals surface area contributed by atoms with E-state index in [0.717, 1.165) is 17.9 Å². The van der Waals surface area contributed by atoms with Gasteiger partial charge in [-0.25, -0.2) is 0 Å². The molecule has 0 atom stereocenters. The molecule has 1 aromatic rings. The largest absolute Gasteiger partial charge is 0.321 e. The van der Waals surface area contributed by atoms with Gasteiger partial charge < -0.3 is 5.73 Å². The van der Waals surface area contributed by atoms with Crippen LogP contribution >= 0.6 is 24.0 Å². The lowest BCUT2D eigenvalue weighted by atomic mass is 9.86. The van der Waals surface area contributed by atoms with E-state index in [0.29, 0.717) is 0 Å². The zero-order valence-corrected chi connectivity index (χ0v) is 10.2. The Bertz CT molecular complexity index is 265. The molecule has 1 rings (SSSR count). The molecule has 0 saturated heterocycles. The van der Waals surface area contributed by atoms with Crippen molar-refractivity contribution >= 4 is 24.0 Å². The molecule has 1 aromatic carbocycles. The standard InChI is InChI=1S/C11H16ClN.ClH/c1-3-11(13,4-2)9-5-7-10(12)8-6-9;/h5-8H,3-4,13H2,1-2H3;1H. The fraction of sp³-hybridized carbons (Fsp3) is 0.455. The van der Waals surface area contributed by atoms with Crippen molar-refractivity contribution in [1.29, 1.82) is 0 Å². The summed E-state index contributed by atoms with van der Waals surface area (Å²) in [6, 6.07) is 7.80. The predicted molar refractivity (Wildman–Crippen MR) is 65.1 cm³/mol. The third kappa shape index (κ3) is 2.88. The van der Waals surface area contributed by atoms with Crippen LogP contribution in [0.25, 0.3) is 0 Å². The lowest BCUT2D eigenvalue weighted by Gasteiger charge is -2.27. The van der Waals surface area contributed by atoms with Crippen LogP contribution in [0.3, 0.4) is 0 Å². The lowest BCUT2D eigenvalue weighted by Crippen LogP contribution is -2.34. The molecular weight excluding hydrogens is 217 g/mol. The van der Waals surface area contributed by atoms with Crippen LogP contribution in [0.5, 0.6) is 0 Å². The summed E-state index contributed by atoms with van der Waals surface area (Å²) in [6.45, 7) is 4.22. The van der Waals surface area contributed by atoms with E-state index in [1.54, 1.807) is 0 Å². The van der Waals surface area contributed by atoms with Crippen molar-refractivity contribution in [2.75, 3.05) is 0 Å². The fourth-order valence-electron chi connectivity index (χ4n) is 1.44. The summed E-state index contributed by atoms with van der Waals surface area (Å²) in [6.07, 6.45) is 1.90. The van der Waals surface area contributed by atoms with Crippen LogP contribution in [0.4, 0.5) is 0 Å². The predicted octanol–water partition coefficient (Wildman–Crippen LogP) is 3.74. The minimum Gasteiger partial charge on any atom is -0.321 e. The first-order valence-corrected chi connectivity index (χ1v) is 5.05. The average molecular weight is 234 g/mol. The Hall–Kier alpha value is -0.240. The third-order valence-electron chi connectivity index (χ3n) is 2.68. The summed E-state index contributed by atoms with van der Waals surface area (Å²) in [5.41, 5.74) is 7.20. The monoisotopic (exact) mass is 233 g/mol. The van der Waals surface area contributed by atoms with Crippen molar-refractivity contribution < 1.29 is 0 Å². The SMILES string of the molecule is CCC(N)(CC)c1ccc(Cl)cc1.Cl. The van der Waals surface area contributed by atoms with Gasteiger partial charge in [-0.3, -0.25) is 0 Å². The molecule has 0 aliphatic rings. The molecule has 0 unspecified atom stereocenters. The maximum absolute atomic E-state index is 6.22. The van der Waals surface area contributed by atoms with E-state index in [2.05, 4.69) is 13.8 Å². The smallest absolute Gasteiger partial charge is 0.0406 e. The van der Waals surface area contributed by atoms with Crippen molar-refractivity contribution in [3.05, 3.63) is 34.9 Å². The van der Waals surface area contributed by atoms with Crippen LogP contribution in [0.1, 0.15) is 32.3 Å². The van der Waals surface area contributed by atoms with E-state index in [1.807, 2.05) is 24.3 Å². The van der Waals surface area contributed by atoms with Crippen LogP contribution in [-0.2, 0) is 5.54 Å². The minimum atomic E-state index is -0.190. The van der Waals surface area contributed by atoms with Gasteiger partial charge in [-0.05, 0) is 30.5 Å². The van der Waals surface area contributed by atoms with E-state index in [-0.39, 0.29) is 17.9 Å². The molecule has 3 heteroatoms. The first-order chi connectivity index (χ1) is 6.12. The summed E-state index contributed by atoms with van der Waals surface area (Å²) in [5.74, 6) is 0. The first kappa shape index (κ1) is 13.8. The van der Waals surface area contributed by atoms with Gasteiger partial charge >= 0.3 is 0 Å². The van der Waals surface area contributed by atoms with E-state index in [4.69, 9.17) is 17.3 Å². The second-order valence-electron chi connectivity index (χ2n) is 3.37. The van der Waals surface area contributed by atoms with Crippen molar-refractivity contribution in [2.45, 2.75) is 32.2 Å². The molecule has 14 heavy (non-hydrogen) atoms. The molecule has 0 radical (unpaired) electrons. The molecule has 0 aliphatic heterocycles. The normalized spacial score (nSPS) is 10.9. The Morgan fingerprint density at radius 1 is 1.14 bits per heavy atom. The van der Waals surface area contributed by atoms with Gasteiger partial charge in [0.15, 0.2) is 0 Å². The summed E-state index contributed by atoms with van der Waals surface area (Å²) in [5, 5.41) is 0.762. The second-order valence-corrected chi connectivity index (χ2v) is 3.81. The minimum absolute atomic E-state index is 0. The lowest BCUT2D eigenvalue weighted by molar-refractivity contribution is 0.413. The molecule has 0 aliphatic carbocycles. The maximum Gasteiger partial charge on any atom is 0.0406 e. The molecular formula is C11H17Cl2N. The van der Waals surface area contributed by atoms with Gasteiger partial charge in [-0.2, -0.15) is 0 Å². The van der Waals surface area contributed by atoms with E-state index >= 15 is 0 Å². The quantitative estimate of drug-likeness (QED) is 0.847. The van der Waals surface area contributed by atoms with E-state index < -0.39 is 0 Å². The molecule has 80 valence electrons. The molecule has 2 N–H and O–H groups in total. The molecule has 1 nitrogen and oxygen atoms in total. The Morgan fingerprint density at radius 3 is 1.93 bits per heavy atom. The molecule has 0 heterocycles. The second kappa shape index (κ2) is 5.59. The molecule has 0 saturated carbocycles. The number of rotatable bonds is 3. The zero-order valence-electron chi connectivity index (χ0n) is 8.59. The number of hydrogen-bond donors (Lipinski definition) is 1. The van der Waals surface area contributed by atoms with Crippen molar-refractivity contribution in [3.8, 4) is 0 Å². The summed E-state index contributed by atoms with van der Waals surface area (Å²) < 4.78 is 0. The van der Waals surface area contributed by atoms with Gasteiger partial charge in [0.2, 0.25) is 0 Å². The fourth-order valence-corrected chi connectivity index (χ4v) is 1.57. The van der Waals surface area contributed by atoms with E-state index in [9.17, 15) is 0 Å². The maximum atomic E-state index is 6.22. The van der Waals surface area contributed by atoms with Gasteiger partial charge in [0.1, 0.15) is 0 Å². The Labute approximate surface area is 97.1 Å². The summed E-state index contributed by atoms with van der Waals surface area (Å²) in [4.78, 5) is 0. The van der Waals surface area contributed by atoms with Crippen molar-refractivity contribution in [3.63, 3.8) is 0 Å². The Kier molecular flexibility index (Phi) is 5.50. The summed E-state index contributed by atoms with van der Waals surface area (Å²) >= 11 is 5.81. The Balaban J connectivity index is 0.00000169. The number of nitrogens with two attached hydrogens (primary N) is 1. The number of benzene rings is 1. The van der Waals surface area contributed by atoms with Crippen molar-refractivity contribution in [2.24, 2.45) is 5.73 Å². The third-order valence-corrected chi connectivity index (χ3v) is 2.93. The number of hydrogen-bond acceptors (Lipinski definition) is 1. The molecule has 0 aromatic heterocycles. The van der Waals surface area contributed by atoms with Gasteiger partial charge in [0, 0.05) is 10.6 Å². The molecule has 0 spiro atoms. The highest BCUT2D eigenvalue weighted by molar-refractivity contribution is 6.30. The first-order valence-electron chi connectivity index (χ1n) is 4.67. The highest BCUT2D eigenvalue weighted by atomic mass is 35.5. The molecule has 0 amide bonds. The average Bonchev–Trinajstić information content (AvgIpc) is 2.18. The highest BCUT2D eigenvalue weighted by Crippen LogP contribution is 2.26. The van der Waals surface area contributed by atoms with Gasteiger partial charge in [-0.15, -0.1) is 12.4 Å². The number of halogens is 2. The van der Waals surface area contributed by atoms with Crippen LogP contribution in [0.2, 0.25) is 5.02 Å². The van der Waals surface area contributed by atoms with Crippen LogP contribution < -0.4 is 5.73 Å². The van der Waals surface area contributed by atoms with Crippen LogP contribution in [0, 0.1) is 0 Å². The van der Waals surface area contributed by atoms with Gasteiger partial charge in [0.05, 0.1) is 0 Å². The Morgan fingerprint density at radius 2 is 1.57 bits per heavy atom. The van der Waals surface area contributed by atoms with Gasteiger partial charge in [-0.1, -0.05) is 37.6 Å². The van der Waals surface area contributed by atoms with Crippen molar-refractivity contribution in [1.82, 2.24) is 0 Å². The highest BCUT2D eigenvalue weighted by Gasteiger charge is 2.22. The topological polar surface area (TPSA) is 26.0 Å². The van der Waals surface area contributed by atoms with Crippen LogP contribution in [0.15, 0.2) is 24.3 Å².